The largest absolute Gasteiger partial charge is 0.494 e. The van der Waals surface area contributed by atoms with E-state index in [0.29, 0.717) is 24.2 Å². The molecule has 0 saturated heterocycles. The molecule has 28 heavy (non-hydrogen) atoms. The van der Waals surface area contributed by atoms with Gasteiger partial charge >= 0.3 is 5.97 Å². The lowest BCUT2D eigenvalue weighted by Crippen LogP contribution is -2.27. The number of benzene rings is 2. The lowest BCUT2D eigenvalue weighted by atomic mass is 10.1. The van der Waals surface area contributed by atoms with Gasteiger partial charge in [-0.05, 0) is 48.4 Å². The first-order valence-corrected chi connectivity index (χ1v) is 10.2. The monoisotopic (exact) mass is 407 g/mol. The Morgan fingerprint density at radius 3 is 2.50 bits per heavy atom. The molecule has 1 aliphatic heterocycles. The molecule has 0 radical (unpaired) electrons. The Bertz CT molecular complexity index is 1050. The van der Waals surface area contributed by atoms with E-state index in [0.717, 1.165) is 17.9 Å². The summed E-state index contributed by atoms with van der Waals surface area (Å²) in [4.78, 5) is 24.3. The van der Waals surface area contributed by atoms with Crippen LogP contribution in [0.15, 0.2) is 36.4 Å². The average molecular weight is 407 g/mol. The molecule has 0 spiro atoms. The summed E-state index contributed by atoms with van der Waals surface area (Å²) in [5.74, 6) is -1.99. The molecule has 9 heteroatoms. The minimum atomic E-state index is -3.37. The van der Waals surface area contributed by atoms with Gasteiger partial charge in [0.2, 0.25) is 10.0 Å². The van der Waals surface area contributed by atoms with Crippen molar-refractivity contribution < 1.29 is 31.9 Å². The Hall–Kier alpha value is -2.94. The van der Waals surface area contributed by atoms with Crippen molar-refractivity contribution in [3.63, 3.8) is 0 Å². The van der Waals surface area contributed by atoms with Crippen LogP contribution < -0.4 is 9.04 Å². The molecule has 0 N–H and O–H groups in total. The first-order valence-electron chi connectivity index (χ1n) is 8.35. The summed E-state index contributed by atoms with van der Waals surface area (Å²) in [6, 6.07) is 8.26. The summed E-state index contributed by atoms with van der Waals surface area (Å²) in [7, 11) is -2.06. The van der Waals surface area contributed by atoms with Crippen molar-refractivity contribution in [2.45, 2.75) is 6.42 Å². The minimum absolute atomic E-state index is 0.00564. The Morgan fingerprint density at radius 2 is 1.86 bits per heavy atom. The van der Waals surface area contributed by atoms with Crippen molar-refractivity contribution >= 4 is 27.5 Å². The van der Waals surface area contributed by atoms with E-state index in [1.54, 1.807) is 12.1 Å². The van der Waals surface area contributed by atoms with Crippen molar-refractivity contribution in [1.29, 1.82) is 0 Å². The number of carbonyl (C=O) groups is 2. The number of carbonyl (C=O) groups excluding carboxylic acids is 2. The van der Waals surface area contributed by atoms with E-state index in [-0.39, 0.29) is 11.3 Å². The van der Waals surface area contributed by atoms with Crippen LogP contribution >= 0.6 is 0 Å². The fourth-order valence-corrected chi connectivity index (χ4v) is 3.94. The van der Waals surface area contributed by atoms with E-state index >= 15 is 0 Å². The van der Waals surface area contributed by atoms with Crippen LogP contribution in [-0.2, 0) is 21.2 Å². The highest BCUT2D eigenvalue weighted by molar-refractivity contribution is 7.92. The zero-order valence-corrected chi connectivity index (χ0v) is 16.1. The molecule has 1 aliphatic rings. The summed E-state index contributed by atoms with van der Waals surface area (Å²) in [6.07, 6.45) is 1.62. The number of nitrogens with zero attached hydrogens (tertiary/aromatic N) is 1. The molecule has 0 amide bonds. The molecule has 148 valence electrons. The van der Waals surface area contributed by atoms with Crippen LogP contribution in [0.4, 0.5) is 10.1 Å². The molecule has 3 rings (SSSR count). The van der Waals surface area contributed by atoms with E-state index in [4.69, 9.17) is 9.47 Å². The second kappa shape index (κ2) is 7.59. The molecule has 0 fully saturated rings. The van der Waals surface area contributed by atoms with Crippen molar-refractivity contribution in [3.8, 4) is 5.75 Å². The Kier molecular flexibility index (Phi) is 5.37. The van der Waals surface area contributed by atoms with Crippen molar-refractivity contribution in [2.75, 3.05) is 30.8 Å². The molecule has 1 heterocycles. The third kappa shape index (κ3) is 3.99. The van der Waals surface area contributed by atoms with Gasteiger partial charge in [-0.3, -0.25) is 9.10 Å². The number of anilines is 1. The van der Waals surface area contributed by atoms with Crippen LogP contribution in [-0.4, -0.2) is 46.7 Å². The number of rotatable bonds is 6. The first kappa shape index (κ1) is 19.8. The summed E-state index contributed by atoms with van der Waals surface area (Å²) in [5, 5.41) is 0. The molecule has 0 unspecified atom stereocenters. The number of sulfonamides is 1. The maximum atomic E-state index is 13.7. The number of halogens is 1. The van der Waals surface area contributed by atoms with E-state index in [2.05, 4.69) is 0 Å². The quantitative estimate of drug-likeness (QED) is 0.539. The Morgan fingerprint density at radius 1 is 1.14 bits per heavy atom. The lowest BCUT2D eigenvalue weighted by molar-refractivity contribution is 0.0474. The molecular formula is C19H18FNO6S. The van der Waals surface area contributed by atoms with Crippen molar-refractivity contribution in [3.05, 3.63) is 58.9 Å². The van der Waals surface area contributed by atoms with Crippen LogP contribution in [0.2, 0.25) is 0 Å². The highest BCUT2D eigenvalue weighted by Gasteiger charge is 2.27. The Labute approximate surface area is 161 Å². The van der Waals surface area contributed by atoms with Gasteiger partial charge in [-0.2, -0.15) is 0 Å². The predicted molar refractivity (Wildman–Crippen MR) is 99.9 cm³/mol. The molecule has 2 aromatic rings. The van der Waals surface area contributed by atoms with Crippen LogP contribution in [0, 0.1) is 5.82 Å². The fraction of sp³-hybridized carbons (Fsp3) is 0.263. The van der Waals surface area contributed by atoms with Gasteiger partial charge < -0.3 is 9.47 Å². The van der Waals surface area contributed by atoms with Crippen LogP contribution in [0.25, 0.3) is 0 Å². The second-order valence-electron chi connectivity index (χ2n) is 6.28. The van der Waals surface area contributed by atoms with Crippen LogP contribution in [0.3, 0.4) is 0 Å². The maximum Gasteiger partial charge on any atom is 0.338 e. The number of esters is 1. The highest BCUT2D eigenvalue weighted by Crippen LogP contribution is 2.30. The van der Waals surface area contributed by atoms with Gasteiger partial charge in [-0.25, -0.2) is 17.6 Å². The number of hydrogen-bond acceptors (Lipinski definition) is 6. The standard InChI is InChI=1S/C19H18FNO6S/c1-26-18-6-4-14(10-15(18)20)19(23)27-11-17(22)13-3-5-16-12(9-13)7-8-21(16)28(2,24)25/h3-6,9-10H,7-8,11H2,1-2H3. The van der Waals surface area contributed by atoms with Crippen molar-refractivity contribution in [2.24, 2.45) is 0 Å². The fourth-order valence-electron chi connectivity index (χ4n) is 2.98. The SMILES string of the molecule is COc1ccc(C(=O)OCC(=O)c2ccc3c(c2)CCN3S(C)(=O)=O)cc1F. The number of hydrogen-bond donors (Lipinski definition) is 0. The summed E-state index contributed by atoms with van der Waals surface area (Å²) in [5.41, 5.74) is 1.55. The first-order chi connectivity index (χ1) is 13.2. The molecule has 7 nitrogen and oxygen atoms in total. The zero-order chi connectivity index (χ0) is 20.5. The van der Waals surface area contributed by atoms with Gasteiger partial charge in [-0.15, -0.1) is 0 Å². The maximum absolute atomic E-state index is 13.7. The van der Waals surface area contributed by atoms with Crippen LogP contribution in [0.1, 0.15) is 26.3 Å². The number of methoxy groups -OCH3 is 1. The summed E-state index contributed by atoms with van der Waals surface area (Å²) < 4.78 is 48.2. The molecule has 2 aromatic carbocycles. The third-order valence-electron chi connectivity index (χ3n) is 4.38. The third-order valence-corrected chi connectivity index (χ3v) is 5.56. The summed E-state index contributed by atoms with van der Waals surface area (Å²) in [6.45, 7) is -0.190. The minimum Gasteiger partial charge on any atom is -0.494 e. The Balaban J connectivity index is 1.67. The van der Waals surface area contributed by atoms with Gasteiger partial charge in [-0.1, -0.05) is 0 Å². The van der Waals surface area contributed by atoms with Gasteiger partial charge in [0.05, 0.1) is 24.6 Å². The number of fused-ring (bicyclic) bond motifs is 1. The van der Waals surface area contributed by atoms with Crippen molar-refractivity contribution in [1.82, 2.24) is 0 Å². The van der Waals surface area contributed by atoms with E-state index < -0.39 is 34.2 Å². The van der Waals surface area contributed by atoms with E-state index in [1.807, 2.05) is 0 Å². The molecule has 0 aliphatic carbocycles. The topological polar surface area (TPSA) is 90.0 Å². The lowest BCUT2D eigenvalue weighted by Gasteiger charge is -2.16. The number of ketones is 1. The van der Waals surface area contributed by atoms with Gasteiger partial charge in [0, 0.05) is 12.1 Å². The highest BCUT2D eigenvalue weighted by atomic mass is 32.2. The zero-order valence-electron chi connectivity index (χ0n) is 15.3. The molecule has 0 bridgehead atoms. The van der Waals surface area contributed by atoms with Gasteiger partial charge in [0.15, 0.2) is 24.0 Å². The van der Waals surface area contributed by atoms with E-state index in [1.165, 1.54) is 29.6 Å². The summed E-state index contributed by atoms with van der Waals surface area (Å²) >= 11 is 0. The van der Waals surface area contributed by atoms with Gasteiger partial charge in [0.25, 0.3) is 0 Å². The number of Topliss-reactive ketones (excluding diaryl/α,β-unsaturated/α-hetero) is 1. The average Bonchev–Trinajstić information content (AvgIpc) is 3.09. The van der Waals surface area contributed by atoms with Crippen LogP contribution in [0.5, 0.6) is 5.75 Å². The molecule has 0 saturated carbocycles. The molecule has 0 atom stereocenters. The second-order valence-corrected chi connectivity index (χ2v) is 8.18. The molecular weight excluding hydrogens is 389 g/mol. The van der Waals surface area contributed by atoms with E-state index in [9.17, 15) is 22.4 Å². The predicted octanol–water partition coefficient (Wildman–Crippen LogP) is 2.20. The number of ether oxygens (including phenoxy) is 2. The smallest absolute Gasteiger partial charge is 0.338 e. The molecule has 0 aromatic heterocycles. The normalized spacial score (nSPS) is 13.2. The van der Waals surface area contributed by atoms with Gasteiger partial charge in [0.1, 0.15) is 0 Å².